The van der Waals surface area contributed by atoms with Gasteiger partial charge in [-0.25, -0.2) is 27.2 Å². The fraction of sp³-hybridized carbons (Fsp3) is 0.0714. The number of aromatic nitrogens is 3. The van der Waals surface area contributed by atoms with Crippen LogP contribution in [0, 0.1) is 6.92 Å². The second kappa shape index (κ2) is 5.36. The molecule has 1 amide bonds. The summed E-state index contributed by atoms with van der Waals surface area (Å²) in [6, 6.07) is 7.93. The Morgan fingerprint density at radius 2 is 1.91 bits per heavy atom. The predicted molar refractivity (Wildman–Crippen MR) is 81.5 cm³/mol. The largest absolute Gasteiger partial charge is 0.411 e. The topological polar surface area (TPSA) is 117 Å². The lowest BCUT2D eigenvalue weighted by molar-refractivity contribution is 0.209. The van der Waals surface area contributed by atoms with Crippen molar-refractivity contribution >= 4 is 27.3 Å². The maximum atomic E-state index is 12.7. The van der Waals surface area contributed by atoms with Crippen LogP contribution in [0.1, 0.15) is 5.56 Å². The van der Waals surface area contributed by atoms with E-state index in [4.69, 9.17) is 5.73 Å². The molecule has 23 heavy (non-hydrogen) atoms. The number of primary amides is 1. The number of hydrogen-bond donors (Lipinski definition) is 1. The Labute approximate surface area is 131 Å². The zero-order chi connectivity index (χ0) is 16.6. The van der Waals surface area contributed by atoms with Crippen LogP contribution >= 0.6 is 0 Å². The normalized spacial score (nSPS) is 11.5. The van der Waals surface area contributed by atoms with Crippen molar-refractivity contribution in [2.24, 2.45) is 5.73 Å². The summed E-state index contributed by atoms with van der Waals surface area (Å²) in [6.07, 6.45) is 1.45. The van der Waals surface area contributed by atoms with Gasteiger partial charge in [0, 0.05) is 6.20 Å². The van der Waals surface area contributed by atoms with Gasteiger partial charge >= 0.3 is 6.09 Å². The molecule has 3 aromatic rings. The van der Waals surface area contributed by atoms with Crippen molar-refractivity contribution in [1.29, 1.82) is 0 Å². The van der Waals surface area contributed by atoms with E-state index >= 15 is 0 Å². The lowest BCUT2D eigenvalue weighted by Gasteiger charge is -2.07. The molecule has 118 valence electrons. The first kappa shape index (κ1) is 15.0. The average molecular weight is 332 g/mol. The molecule has 0 spiro atoms. The van der Waals surface area contributed by atoms with E-state index in [2.05, 4.69) is 14.7 Å². The molecular weight excluding hydrogens is 320 g/mol. The standard InChI is InChI=1S/C14H12N4O4S/c1-9-2-4-10(5-3-9)23(20,21)18-7-6-11-13(18)16-8-12(17-11)22-14(15)19/h2-8H,1H3,(H2,15,19). The zero-order valence-electron chi connectivity index (χ0n) is 12.0. The first-order valence-electron chi connectivity index (χ1n) is 6.51. The number of benzene rings is 1. The summed E-state index contributed by atoms with van der Waals surface area (Å²) in [6.45, 7) is 1.87. The van der Waals surface area contributed by atoms with E-state index in [1.807, 2.05) is 6.92 Å². The van der Waals surface area contributed by atoms with Gasteiger partial charge in [0.15, 0.2) is 5.65 Å². The number of carbonyl (C=O) groups excluding carboxylic acids is 1. The van der Waals surface area contributed by atoms with Gasteiger partial charge < -0.3 is 10.5 Å². The Morgan fingerprint density at radius 1 is 1.22 bits per heavy atom. The van der Waals surface area contributed by atoms with Crippen molar-refractivity contribution in [1.82, 2.24) is 13.9 Å². The van der Waals surface area contributed by atoms with Crippen molar-refractivity contribution in [2.75, 3.05) is 0 Å². The van der Waals surface area contributed by atoms with Gasteiger partial charge in [-0.2, -0.15) is 0 Å². The molecule has 0 radical (unpaired) electrons. The van der Waals surface area contributed by atoms with Gasteiger partial charge in [-0.05, 0) is 25.1 Å². The van der Waals surface area contributed by atoms with E-state index in [1.54, 1.807) is 12.1 Å². The SMILES string of the molecule is Cc1ccc(S(=O)(=O)n2ccc3nc(OC(N)=O)cnc32)cc1. The van der Waals surface area contributed by atoms with Crippen LogP contribution in [0.2, 0.25) is 0 Å². The molecule has 0 saturated carbocycles. The van der Waals surface area contributed by atoms with Crippen LogP contribution in [-0.2, 0) is 10.0 Å². The van der Waals surface area contributed by atoms with Crippen molar-refractivity contribution in [3.8, 4) is 5.88 Å². The van der Waals surface area contributed by atoms with Gasteiger partial charge in [-0.15, -0.1) is 0 Å². The fourth-order valence-corrected chi connectivity index (χ4v) is 3.34. The number of ether oxygens (including phenoxy) is 1. The van der Waals surface area contributed by atoms with Crippen LogP contribution in [0.3, 0.4) is 0 Å². The molecule has 9 heteroatoms. The number of carbonyl (C=O) groups is 1. The number of rotatable bonds is 3. The Morgan fingerprint density at radius 3 is 2.57 bits per heavy atom. The van der Waals surface area contributed by atoms with Gasteiger partial charge in [-0.1, -0.05) is 17.7 Å². The summed E-state index contributed by atoms with van der Waals surface area (Å²) in [4.78, 5) is 18.8. The van der Waals surface area contributed by atoms with E-state index in [9.17, 15) is 13.2 Å². The maximum absolute atomic E-state index is 12.7. The van der Waals surface area contributed by atoms with Crippen LogP contribution in [0.4, 0.5) is 4.79 Å². The molecular formula is C14H12N4O4S. The van der Waals surface area contributed by atoms with Crippen molar-refractivity contribution < 1.29 is 17.9 Å². The fourth-order valence-electron chi connectivity index (χ4n) is 2.04. The third-order valence-electron chi connectivity index (χ3n) is 3.12. The number of nitrogens with two attached hydrogens (primary N) is 1. The van der Waals surface area contributed by atoms with E-state index in [-0.39, 0.29) is 21.9 Å². The highest BCUT2D eigenvalue weighted by molar-refractivity contribution is 7.90. The van der Waals surface area contributed by atoms with Crippen molar-refractivity contribution in [3.63, 3.8) is 0 Å². The monoisotopic (exact) mass is 332 g/mol. The molecule has 0 aliphatic rings. The molecule has 0 bridgehead atoms. The van der Waals surface area contributed by atoms with Crippen LogP contribution < -0.4 is 10.5 Å². The molecule has 0 fully saturated rings. The number of hydrogen-bond acceptors (Lipinski definition) is 6. The third kappa shape index (κ3) is 2.73. The van der Waals surface area contributed by atoms with Crippen LogP contribution in [0.5, 0.6) is 5.88 Å². The Kier molecular flexibility index (Phi) is 3.49. The molecule has 0 atom stereocenters. The predicted octanol–water partition coefficient (Wildman–Crippen LogP) is 1.43. The van der Waals surface area contributed by atoms with Gasteiger partial charge in [0.25, 0.3) is 10.0 Å². The van der Waals surface area contributed by atoms with Gasteiger partial charge in [-0.3, -0.25) is 0 Å². The molecule has 2 heterocycles. The number of nitrogens with zero attached hydrogens (tertiary/aromatic N) is 3. The molecule has 0 aliphatic carbocycles. The van der Waals surface area contributed by atoms with Gasteiger partial charge in [0.2, 0.25) is 5.88 Å². The highest BCUT2D eigenvalue weighted by Gasteiger charge is 2.20. The number of aryl methyl sites for hydroxylation is 1. The van der Waals surface area contributed by atoms with E-state index < -0.39 is 16.1 Å². The van der Waals surface area contributed by atoms with E-state index in [0.29, 0.717) is 0 Å². The van der Waals surface area contributed by atoms with E-state index in [1.165, 1.54) is 24.4 Å². The molecule has 0 aliphatic heterocycles. The molecule has 2 N–H and O–H groups in total. The number of amides is 1. The molecule has 1 aromatic carbocycles. The lowest BCUT2D eigenvalue weighted by atomic mass is 10.2. The minimum atomic E-state index is -3.79. The third-order valence-corrected chi connectivity index (χ3v) is 4.80. The minimum absolute atomic E-state index is 0.101. The Bertz CT molecular complexity index is 993. The summed E-state index contributed by atoms with van der Waals surface area (Å²) in [5.74, 6) is -0.101. The molecule has 2 aromatic heterocycles. The van der Waals surface area contributed by atoms with Crippen LogP contribution in [0.15, 0.2) is 47.6 Å². The zero-order valence-corrected chi connectivity index (χ0v) is 12.8. The summed E-state index contributed by atoms with van der Waals surface area (Å²) >= 11 is 0. The Hall–Kier alpha value is -2.94. The molecule has 3 rings (SSSR count). The average Bonchev–Trinajstić information content (AvgIpc) is 2.91. The summed E-state index contributed by atoms with van der Waals surface area (Å²) in [5, 5.41) is 0. The highest BCUT2D eigenvalue weighted by Crippen LogP contribution is 2.21. The van der Waals surface area contributed by atoms with Crippen LogP contribution in [-0.4, -0.2) is 28.5 Å². The molecule has 0 unspecified atom stereocenters. The second-order valence-corrected chi connectivity index (χ2v) is 6.58. The first-order valence-corrected chi connectivity index (χ1v) is 7.95. The second-order valence-electron chi connectivity index (χ2n) is 4.77. The van der Waals surface area contributed by atoms with Crippen LogP contribution in [0.25, 0.3) is 11.2 Å². The minimum Gasteiger partial charge on any atom is -0.390 e. The van der Waals surface area contributed by atoms with Crippen molar-refractivity contribution in [3.05, 3.63) is 48.3 Å². The maximum Gasteiger partial charge on any atom is 0.411 e. The summed E-state index contributed by atoms with van der Waals surface area (Å²) in [7, 11) is -3.79. The van der Waals surface area contributed by atoms with Crippen molar-refractivity contribution in [2.45, 2.75) is 11.8 Å². The quantitative estimate of drug-likeness (QED) is 0.775. The first-order chi connectivity index (χ1) is 10.9. The highest BCUT2D eigenvalue weighted by atomic mass is 32.2. The lowest BCUT2D eigenvalue weighted by Crippen LogP contribution is -2.17. The smallest absolute Gasteiger partial charge is 0.390 e. The number of fused-ring (bicyclic) bond motifs is 1. The summed E-state index contributed by atoms with van der Waals surface area (Å²) in [5.41, 5.74) is 6.24. The van der Waals surface area contributed by atoms with E-state index in [0.717, 1.165) is 15.7 Å². The molecule has 0 saturated heterocycles. The van der Waals surface area contributed by atoms with Gasteiger partial charge in [0.1, 0.15) is 5.52 Å². The molecule has 8 nitrogen and oxygen atoms in total. The summed E-state index contributed by atoms with van der Waals surface area (Å²) < 4.78 is 31.0. The van der Waals surface area contributed by atoms with Gasteiger partial charge in [0.05, 0.1) is 11.1 Å². The Balaban J connectivity index is 2.09.